The van der Waals surface area contributed by atoms with Crippen molar-refractivity contribution in [3.63, 3.8) is 0 Å². The van der Waals surface area contributed by atoms with Gasteiger partial charge in [-0.15, -0.1) is 0 Å². The largest absolute Gasteiger partial charge is 0.326 e. The van der Waals surface area contributed by atoms with E-state index in [1.54, 1.807) is 0 Å². The molecule has 5 saturated carbocycles. The van der Waals surface area contributed by atoms with Gasteiger partial charge in [-0.2, -0.15) is 0 Å². The molecular formula is C22H40N2. The third-order valence-corrected chi connectivity index (χ3v) is 8.72. The van der Waals surface area contributed by atoms with Crippen LogP contribution in [0.4, 0.5) is 0 Å². The van der Waals surface area contributed by atoms with Crippen molar-refractivity contribution in [2.45, 2.75) is 115 Å². The number of rotatable bonds is 6. The molecule has 0 aromatic heterocycles. The van der Waals surface area contributed by atoms with Gasteiger partial charge in [0.25, 0.3) is 0 Å². The SMILES string of the molecule is CCCCCCC12CC3CC(N)(CC(C4CCCCC4)(C3)C1)C2N. The summed E-state index contributed by atoms with van der Waals surface area (Å²) in [5, 5.41) is 0. The molecule has 4 N–H and O–H groups in total. The van der Waals surface area contributed by atoms with Gasteiger partial charge in [0.1, 0.15) is 0 Å². The van der Waals surface area contributed by atoms with Crippen molar-refractivity contribution >= 4 is 0 Å². The van der Waals surface area contributed by atoms with E-state index in [1.807, 2.05) is 0 Å². The van der Waals surface area contributed by atoms with Crippen LogP contribution in [0.25, 0.3) is 0 Å². The van der Waals surface area contributed by atoms with Crippen molar-refractivity contribution in [2.75, 3.05) is 0 Å². The second-order valence-electron chi connectivity index (χ2n) is 10.4. The molecule has 24 heavy (non-hydrogen) atoms. The lowest BCUT2D eigenvalue weighted by Crippen LogP contribution is -2.75. The molecule has 5 rings (SSSR count). The number of hydrogen-bond donors (Lipinski definition) is 2. The van der Waals surface area contributed by atoms with Crippen LogP contribution >= 0.6 is 0 Å². The topological polar surface area (TPSA) is 52.0 Å². The molecule has 0 aromatic carbocycles. The second kappa shape index (κ2) is 6.27. The first kappa shape index (κ1) is 17.3. The molecule has 2 heteroatoms. The molecule has 5 aliphatic rings. The van der Waals surface area contributed by atoms with Gasteiger partial charge in [-0.25, -0.2) is 0 Å². The molecule has 0 heterocycles. The Morgan fingerprint density at radius 3 is 2.46 bits per heavy atom. The van der Waals surface area contributed by atoms with Gasteiger partial charge in [0.15, 0.2) is 0 Å². The maximum atomic E-state index is 7.05. The van der Waals surface area contributed by atoms with Crippen LogP contribution in [0.2, 0.25) is 0 Å². The highest BCUT2D eigenvalue weighted by Crippen LogP contribution is 2.70. The van der Waals surface area contributed by atoms with E-state index >= 15 is 0 Å². The lowest BCUT2D eigenvalue weighted by atomic mass is 9.37. The fourth-order valence-corrected chi connectivity index (χ4v) is 8.12. The van der Waals surface area contributed by atoms with Gasteiger partial charge in [0.05, 0.1) is 0 Å². The zero-order valence-electron chi connectivity index (χ0n) is 16.0. The molecule has 2 nitrogen and oxygen atoms in total. The van der Waals surface area contributed by atoms with Crippen LogP contribution in [0.15, 0.2) is 0 Å². The van der Waals surface area contributed by atoms with Crippen molar-refractivity contribution in [3.8, 4) is 0 Å². The zero-order valence-corrected chi connectivity index (χ0v) is 16.0. The minimum Gasteiger partial charge on any atom is -0.326 e. The number of unbranched alkanes of at least 4 members (excludes halogenated alkanes) is 3. The predicted octanol–water partition coefficient (Wildman–Crippen LogP) is 5.14. The van der Waals surface area contributed by atoms with E-state index in [1.165, 1.54) is 96.3 Å². The van der Waals surface area contributed by atoms with Crippen molar-refractivity contribution in [1.82, 2.24) is 0 Å². The minimum absolute atomic E-state index is 0.0401. The van der Waals surface area contributed by atoms with Gasteiger partial charge in [-0.1, -0.05) is 51.9 Å². The minimum atomic E-state index is -0.0401. The highest BCUT2D eigenvalue weighted by molar-refractivity contribution is 5.22. The van der Waals surface area contributed by atoms with Crippen LogP contribution in [-0.4, -0.2) is 11.6 Å². The van der Waals surface area contributed by atoms with Gasteiger partial charge in [-0.3, -0.25) is 0 Å². The van der Waals surface area contributed by atoms with Gasteiger partial charge < -0.3 is 11.5 Å². The second-order valence-corrected chi connectivity index (χ2v) is 10.4. The molecule has 0 spiro atoms. The van der Waals surface area contributed by atoms with E-state index < -0.39 is 0 Å². The summed E-state index contributed by atoms with van der Waals surface area (Å²) in [5.41, 5.74) is 14.9. The fraction of sp³-hybridized carbons (Fsp3) is 1.00. The quantitative estimate of drug-likeness (QED) is 0.661. The average molecular weight is 333 g/mol. The third kappa shape index (κ3) is 2.67. The Kier molecular flexibility index (Phi) is 4.53. The van der Waals surface area contributed by atoms with E-state index in [4.69, 9.17) is 11.5 Å². The first-order valence-electron chi connectivity index (χ1n) is 11.1. The molecular weight excluding hydrogens is 292 g/mol. The fourth-order valence-electron chi connectivity index (χ4n) is 8.12. The summed E-state index contributed by atoms with van der Waals surface area (Å²) in [4.78, 5) is 0. The molecule has 5 unspecified atom stereocenters. The van der Waals surface area contributed by atoms with E-state index in [9.17, 15) is 0 Å². The summed E-state index contributed by atoms with van der Waals surface area (Å²) in [7, 11) is 0. The van der Waals surface area contributed by atoms with Crippen molar-refractivity contribution < 1.29 is 0 Å². The van der Waals surface area contributed by atoms with Gasteiger partial charge in [0.2, 0.25) is 0 Å². The molecule has 5 fully saturated rings. The highest BCUT2D eigenvalue weighted by atomic mass is 14.9. The molecule has 0 saturated heterocycles. The van der Waals surface area contributed by atoms with E-state index in [-0.39, 0.29) is 11.6 Å². The van der Waals surface area contributed by atoms with Crippen LogP contribution in [0.3, 0.4) is 0 Å². The summed E-state index contributed by atoms with van der Waals surface area (Å²) < 4.78 is 0. The Morgan fingerprint density at radius 2 is 1.71 bits per heavy atom. The Bertz CT molecular complexity index is 457. The number of nitrogens with two attached hydrogens (primary N) is 2. The standard InChI is InChI=1S/C22H40N2/c1-2-3-4-8-11-20-12-17-13-21(15-20,18-9-6-5-7-10-18)16-22(24,14-17)19(20)23/h17-19H,2-16,23-24H2,1H3. The molecule has 0 aromatic rings. The Labute approximate surface area is 149 Å². The van der Waals surface area contributed by atoms with Crippen LogP contribution in [-0.2, 0) is 0 Å². The Morgan fingerprint density at radius 1 is 0.917 bits per heavy atom. The summed E-state index contributed by atoms with van der Waals surface area (Å²) >= 11 is 0. The first-order chi connectivity index (χ1) is 11.5. The molecule has 5 atom stereocenters. The molecule has 0 amide bonds. The van der Waals surface area contributed by atoms with Crippen molar-refractivity contribution in [2.24, 2.45) is 34.1 Å². The monoisotopic (exact) mass is 332 g/mol. The lowest BCUT2D eigenvalue weighted by molar-refractivity contribution is -0.167. The lowest BCUT2D eigenvalue weighted by Gasteiger charge is -2.71. The molecule has 0 aliphatic heterocycles. The maximum absolute atomic E-state index is 7.05. The third-order valence-electron chi connectivity index (χ3n) is 8.72. The molecule has 138 valence electrons. The average Bonchev–Trinajstić information content (AvgIpc) is 2.57. The van der Waals surface area contributed by atoms with Gasteiger partial charge in [0, 0.05) is 11.6 Å². The smallest absolute Gasteiger partial charge is 0.0321 e. The predicted molar refractivity (Wildman–Crippen MR) is 102 cm³/mol. The molecule has 4 bridgehead atoms. The van der Waals surface area contributed by atoms with E-state index in [0.29, 0.717) is 10.8 Å². The van der Waals surface area contributed by atoms with Gasteiger partial charge in [-0.05, 0) is 74.0 Å². The van der Waals surface area contributed by atoms with Crippen LogP contribution in [0, 0.1) is 22.7 Å². The van der Waals surface area contributed by atoms with Crippen LogP contribution in [0.1, 0.15) is 103 Å². The summed E-state index contributed by atoms with van der Waals surface area (Å²) in [6, 6.07) is 0.264. The van der Waals surface area contributed by atoms with Crippen molar-refractivity contribution in [1.29, 1.82) is 0 Å². The van der Waals surface area contributed by atoms with E-state index in [2.05, 4.69) is 6.92 Å². The van der Waals surface area contributed by atoms with Crippen molar-refractivity contribution in [3.05, 3.63) is 0 Å². The maximum Gasteiger partial charge on any atom is 0.0321 e. The van der Waals surface area contributed by atoms with Crippen LogP contribution in [0.5, 0.6) is 0 Å². The summed E-state index contributed by atoms with van der Waals surface area (Å²) in [6.07, 6.45) is 21.0. The molecule has 5 aliphatic carbocycles. The van der Waals surface area contributed by atoms with E-state index in [0.717, 1.165) is 11.8 Å². The summed E-state index contributed by atoms with van der Waals surface area (Å²) in [6.45, 7) is 2.31. The number of hydrogen-bond acceptors (Lipinski definition) is 2. The van der Waals surface area contributed by atoms with Gasteiger partial charge >= 0.3 is 0 Å². The normalized spacial score (nSPS) is 48.1. The zero-order chi connectivity index (χ0) is 16.8. The summed E-state index contributed by atoms with van der Waals surface area (Å²) in [5.74, 6) is 1.84. The van der Waals surface area contributed by atoms with Crippen LogP contribution < -0.4 is 11.5 Å². The Hall–Kier alpha value is -0.0800. The highest BCUT2D eigenvalue weighted by Gasteiger charge is 2.67. The Balaban J connectivity index is 1.58. The molecule has 0 radical (unpaired) electrons. The first-order valence-corrected chi connectivity index (χ1v) is 11.1.